The van der Waals surface area contributed by atoms with Gasteiger partial charge in [-0.2, -0.15) is 0 Å². The Balaban J connectivity index is 1.51. The van der Waals surface area contributed by atoms with Crippen molar-refractivity contribution < 1.29 is 9.53 Å². The molecule has 9 atom stereocenters. The highest BCUT2D eigenvalue weighted by Crippen LogP contribution is 2.68. The predicted molar refractivity (Wildman–Crippen MR) is 114 cm³/mol. The molecule has 4 rings (SSSR count). The van der Waals surface area contributed by atoms with Crippen molar-refractivity contribution in [3.8, 4) is 0 Å². The monoisotopic (exact) mass is 404 g/mol. The lowest BCUT2D eigenvalue weighted by molar-refractivity contribution is -0.160. The minimum Gasteiger partial charge on any atom is -0.463 e. The van der Waals surface area contributed by atoms with E-state index < -0.39 is 0 Å². The van der Waals surface area contributed by atoms with Gasteiger partial charge in [0.05, 0.1) is 11.3 Å². The summed E-state index contributed by atoms with van der Waals surface area (Å²) in [4.78, 5) is 22.6. The maximum absolute atomic E-state index is 11.4. The van der Waals surface area contributed by atoms with Gasteiger partial charge in [0.25, 0.3) is 0 Å². The molecule has 29 heavy (non-hydrogen) atoms. The second-order valence-corrected chi connectivity index (χ2v) is 11.3. The second kappa shape index (κ2) is 7.53. The summed E-state index contributed by atoms with van der Waals surface area (Å²) in [6.07, 6.45) is 11.2. The average Bonchev–Trinajstić information content (AvgIpc) is 3.03. The van der Waals surface area contributed by atoms with Crippen LogP contribution in [0.4, 0.5) is 0 Å². The first-order valence-corrected chi connectivity index (χ1v) is 11.9. The molecule has 0 aromatic carbocycles. The lowest BCUT2D eigenvalue weighted by Crippen LogP contribution is -2.55. The van der Waals surface area contributed by atoms with Gasteiger partial charge in [0.15, 0.2) is 0 Å². The Morgan fingerprint density at radius 1 is 1.03 bits per heavy atom. The van der Waals surface area contributed by atoms with E-state index in [1.807, 2.05) is 7.05 Å². The second-order valence-electron chi connectivity index (χ2n) is 11.3. The van der Waals surface area contributed by atoms with E-state index in [4.69, 9.17) is 4.74 Å². The number of rotatable bonds is 4. The normalized spacial score (nSPS) is 47.3. The maximum atomic E-state index is 11.4. The smallest absolute Gasteiger partial charge is 0.302 e. The van der Waals surface area contributed by atoms with Gasteiger partial charge in [-0.15, -0.1) is 4.91 Å². The predicted octanol–water partition coefficient (Wildman–Crippen LogP) is 5.58. The Morgan fingerprint density at radius 2 is 1.72 bits per heavy atom. The molecule has 0 aliphatic heterocycles. The Bertz CT molecular complexity index is 654. The van der Waals surface area contributed by atoms with Gasteiger partial charge in [-0.05, 0) is 105 Å². The van der Waals surface area contributed by atoms with Gasteiger partial charge in [0.2, 0.25) is 0 Å². The highest BCUT2D eigenvalue weighted by Gasteiger charge is 2.61. The van der Waals surface area contributed by atoms with Crippen molar-refractivity contribution in [1.29, 1.82) is 0 Å². The Kier molecular flexibility index (Phi) is 5.48. The van der Waals surface area contributed by atoms with Crippen molar-refractivity contribution in [2.45, 2.75) is 97.6 Å². The molecule has 5 heteroatoms. The van der Waals surface area contributed by atoms with Gasteiger partial charge in [-0.1, -0.05) is 13.8 Å². The van der Waals surface area contributed by atoms with E-state index in [0.29, 0.717) is 22.7 Å². The van der Waals surface area contributed by atoms with E-state index in [0.717, 1.165) is 30.6 Å². The zero-order valence-electron chi connectivity index (χ0n) is 19.0. The first kappa shape index (κ1) is 21.1. The number of nitroso groups, excluding NO2 is 1. The molecule has 0 N–H and O–H groups in total. The van der Waals surface area contributed by atoms with Crippen molar-refractivity contribution in [3.63, 3.8) is 0 Å². The zero-order chi connectivity index (χ0) is 21.0. The number of nitrogens with zero attached hydrogens (tertiary/aromatic N) is 2. The topological polar surface area (TPSA) is 59.0 Å². The number of ether oxygens (including phenoxy) is 1. The number of carbonyl (C=O) groups excluding carboxylic acids is 1. The van der Waals surface area contributed by atoms with Crippen LogP contribution in [-0.2, 0) is 9.53 Å². The highest BCUT2D eigenvalue weighted by atomic mass is 16.5. The molecule has 0 radical (unpaired) electrons. The molecule has 4 fully saturated rings. The van der Waals surface area contributed by atoms with Gasteiger partial charge in [-0.3, -0.25) is 9.80 Å². The third kappa shape index (κ3) is 3.31. The van der Waals surface area contributed by atoms with Crippen LogP contribution in [0.1, 0.15) is 85.5 Å². The molecule has 0 heterocycles. The standard InChI is InChI=1S/C24H40N2O3/c1-15(26(5)25-28)20-8-9-21-19-7-6-17-14-18(29-16(2)27)10-12-23(17,3)22(19)11-13-24(20,21)4/h15,17-22H,6-14H2,1-5H3. The molecule has 9 unspecified atom stereocenters. The van der Waals surface area contributed by atoms with Crippen molar-refractivity contribution in [2.75, 3.05) is 7.05 Å². The summed E-state index contributed by atoms with van der Waals surface area (Å²) in [7, 11) is 1.84. The molecule has 164 valence electrons. The van der Waals surface area contributed by atoms with E-state index >= 15 is 0 Å². The van der Waals surface area contributed by atoms with E-state index in [-0.39, 0.29) is 18.1 Å². The first-order valence-electron chi connectivity index (χ1n) is 11.9. The highest BCUT2D eigenvalue weighted by molar-refractivity contribution is 5.66. The molecule has 0 aromatic heterocycles. The van der Waals surface area contributed by atoms with Gasteiger partial charge in [0, 0.05) is 14.0 Å². The Labute approximate surface area is 176 Å². The van der Waals surface area contributed by atoms with Crippen LogP contribution in [0.2, 0.25) is 0 Å². The molecule has 4 aliphatic carbocycles. The lowest BCUT2D eigenvalue weighted by Gasteiger charge is -2.61. The van der Waals surface area contributed by atoms with E-state index in [1.165, 1.54) is 44.9 Å². The fourth-order valence-corrected chi connectivity index (χ4v) is 8.73. The van der Waals surface area contributed by atoms with Crippen molar-refractivity contribution in [3.05, 3.63) is 4.91 Å². The Morgan fingerprint density at radius 3 is 2.41 bits per heavy atom. The summed E-state index contributed by atoms with van der Waals surface area (Å²) in [6.45, 7) is 8.81. The molecule has 0 aromatic rings. The van der Waals surface area contributed by atoms with Crippen LogP contribution < -0.4 is 0 Å². The SMILES string of the molecule is CC(=O)OC1CCC2(C)C(CCC3C2CCC2(C)C3CCC2C(C)N(C)N=O)C1. The fourth-order valence-electron chi connectivity index (χ4n) is 8.73. The van der Waals surface area contributed by atoms with Crippen molar-refractivity contribution >= 4 is 5.97 Å². The van der Waals surface area contributed by atoms with E-state index in [1.54, 1.807) is 11.9 Å². The number of hydrogen-bond donors (Lipinski definition) is 0. The zero-order valence-corrected chi connectivity index (χ0v) is 19.0. The molecule has 4 aliphatic rings. The summed E-state index contributed by atoms with van der Waals surface area (Å²) < 4.78 is 5.60. The number of fused-ring (bicyclic) bond motifs is 5. The quantitative estimate of drug-likeness (QED) is 0.349. The molecule has 0 amide bonds. The largest absolute Gasteiger partial charge is 0.463 e. The number of carbonyl (C=O) groups is 1. The van der Waals surface area contributed by atoms with Gasteiger partial charge in [-0.25, -0.2) is 0 Å². The van der Waals surface area contributed by atoms with Gasteiger partial charge < -0.3 is 4.74 Å². The fraction of sp³-hybridized carbons (Fsp3) is 0.958. The minimum atomic E-state index is -0.123. The van der Waals surface area contributed by atoms with Gasteiger partial charge >= 0.3 is 5.97 Å². The third-order valence-electron chi connectivity index (χ3n) is 10.3. The minimum absolute atomic E-state index is 0.123. The average molecular weight is 405 g/mol. The van der Waals surface area contributed by atoms with Crippen LogP contribution in [0, 0.1) is 45.3 Å². The number of hydrogen-bond acceptors (Lipinski definition) is 4. The lowest BCUT2D eigenvalue weighted by atomic mass is 9.44. The maximum Gasteiger partial charge on any atom is 0.302 e. The van der Waals surface area contributed by atoms with Crippen LogP contribution in [0.3, 0.4) is 0 Å². The van der Waals surface area contributed by atoms with Crippen molar-refractivity contribution in [1.82, 2.24) is 5.01 Å². The third-order valence-corrected chi connectivity index (χ3v) is 10.3. The van der Waals surface area contributed by atoms with E-state index in [2.05, 4.69) is 26.1 Å². The summed E-state index contributed by atoms with van der Waals surface area (Å²) in [6, 6.07) is 0.227. The summed E-state index contributed by atoms with van der Waals surface area (Å²) in [5.74, 6) is 3.58. The van der Waals surface area contributed by atoms with Crippen LogP contribution in [0.25, 0.3) is 0 Å². The molecule has 0 bridgehead atoms. The summed E-state index contributed by atoms with van der Waals surface area (Å²) >= 11 is 0. The van der Waals surface area contributed by atoms with Crippen LogP contribution in [0.15, 0.2) is 5.29 Å². The molecule has 4 saturated carbocycles. The molecular formula is C24H40N2O3. The van der Waals surface area contributed by atoms with Crippen LogP contribution in [-0.4, -0.2) is 30.2 Å². The molecular weight excluding hydrogens is 364 g/mol. The van der Waals surface area contributed by atoms with E-state index in [9.17, 15) is 9.70 Å². The summed E-state index contributed by atoms with van der Waals surface area (Å²) in [5.41, 5.74) is 0.753. The first-order chi connectivity index (χ1) is 13.7. The molecule has 5 nitrogen and oxygen atoms in total. The Hall–Kier alpha value is -1.13. The van der Waals surface area contributed by atoms with Crippen molar-refractivity contribution in [2.24, 2.45) is 45.7 Å². The number of esters is 1. The van der Waals surface area contributed by atoms with Crippen LogP contribution in [0.5, 0.6) is 0 Å². The van der Waals surface area contributed by atoms with Gasteiger partial charge in [0.1, 0.15) is 6.10 Å². The van der Waals surface area contributed by atoms with Crippen LogP contribution >= 0.6 is 0 Å². The molecule has 0 spiro atoms. The molecule has 0 saturated heterocycles. The summed E-state index contributed by atoms with van der Waals surface area (Å²) in [5, 5.41) is 4.87.